The highest BCUT2D eigenvalue weighted by Gasteiger charge is 2.52. The smallest absolute Gasteiger partial charge is 0.161 e. The van der Waals surface area contributed by atoms with E-state index >= 15 is 0 Å². The van der Waals surface area contributed by atoms with Crippen molar-refractivity contribution in [2.75, 3.05) is 11.5 Å². The van der Waals surface area contributed by atoms with E-state index in [1.54, 1.807) is 24.3 Å². The lowest BCUT2D eigenvalue weighted by Crippen LogP contribution is -2.22. The van der Waals surface area contributed by atoms with Gasteiger partial charge in [-0.2, -0.15) is 13.2 Å². The molecular formula is C12H15F3S. The SMILES string of the molecule is Cc1ccc(S2(C(F)(F)F)CCCC2)cc1. The van der Waals surface area contributed by atoms with Crippen molar-refractivity contribution in [3.8, 4) is 0 Å². The quantitative estimate of drug-likeness (QED) is 0.687. The Labute approximate surface area is 95.2 Å². The van der Waals surface area contributed by atoms with Crippen LogP contribution in [0.1, 0.15) is 18.4 Å². The molecule has 0 atom stereocenters. The number of aryl methyl sites for hydroxylation is 1. The molecule has 4 heteroatoms. The highest BCUT2D eigenvalue weighted by atomic mass is 32.3. The standard InChI is InChI=1S/C12H15F3S/c1-10-4-6-11(7-5-10)16(12(13,14)15)8-2-3-9-16/h4-7H,2-3,8-9H2,1H3. The minimum absolute atomic E-state index is 0.319. The molecule has 1 aliphatic rings. The van der Waals surface area contributed by atoms with Gasteiger partial charge in [0.05, 0.1) is 0 Å². The van der Waals surface area contributed by atoms with Gasteiger partial charge in [-0.25, -0.2) is 0 Å². The fraction of sp³-hybridized carbons (Fsp3) is 0.500. The average Bonchev–Trinajstić information content (AvgIpc) is 2.68. The van der Waals surface area contributed by atoms with Crippen molar-refractivity contribution >= 4 is 10.0 Å². The summed E-state index contributed by atoms with van der Waals surface area (Å²) in [6.07, 6.45) is 1.42. The van der Waals surface area contributed by atoms with E-state index in [0.717, 1.165) is 5.56 Å². The number of benzene rings is 1. The summed E-state index contributed by atoms with van der Waals surface area (Å²) in [5, 5.41) is 0. The third kappa shape index (κ3) is 1.83. The van der Waals surface area contributed by atoms with E-state index in [9.17, 15) is 13.2 Å². The third-order valence-electron chi connectivity index (χ3n) is 3.15. The number of rotatable bonds is 1. The van der Waals surface area contributed by atoms with Gasteiger partial charge in [-0.3, -0.25) is 0 Å². The van der Waals surface area contributed by atoms with Crippen LogP contribution < -0.4 is 0 Å². The van der Waals surface area contributed by atoms with Crippen molar-refractivity contribution in [3.63, 3.8) is 0 Å². The molecule has 1 aromatic carbocycles. The van der Waals surface area contributed by atoms with Crippen molar-refractivity contribution in [1.29, 1.82) is 0 Å². The Morgan fingerprint density at radius 1 is 1.00 bits per heavy atom. The lowest BCUT2D eigenvalue weighted by atomic mass is 10.2. The van der Waals surface area contributed by atoms with Gasteiger partial charge in [0.15, 0.2) is 0 Å². The summed E-state index contributed by atoms with van der Waals surface area (Å²) in [5.74, 6) is 0.638. The highest BCUT2D eigenvalue weighted by Crippen LogP contribution is 2.70. The van der Waals surface area contributed by atoms with Crippen molar-refractivity contribution in [2.45, 2.75) is 30.2 Å². The fourth-order valence-electron chi connectivity index (χ4n) is 2.20. The third-order valence-corrected chi connectivity index (χ3v) is 7.18. The van der Waals surface area contributed by atoms with Gasteiger partial charge < -0.3 is 0 Å². The molecule has 90 valence electrons. The van der Waals surface area contributed by atoms with E-state index in [-0.39, 0.29) is 0 Å². The zero-order valence-corrected chi connectivity index (χ0v) is 10.00. The van der Waals surface area contributed by atoms with Crippen LogP contribution in [0.3, 0.4) is 0 Å². The second-order valence-corrected chi connectivity index (χ2v) is 7.78. The molecule has 0 nitrogen and oxygen atoms in total. The molecule has 1 saturated heterocycles. The average molecular weight is 248 g/mol. The second-order valence-electron chi connectivity index (χ2n) is 4.26. The normalized spacial score (nSPS) is 22.0. The number of halogens is 3. The van der Waals surface area contributed by atoms with Gasteiger partial charge >= 0.3 is 5.51 Å². The molecule has 0 amide bonds. The van der Waals surface area contributed by atoms with Crippen LogP contribution in [-0.4, -0.2) is 17.0 Å². The maximum atomic E-state index is 13.2. The molecule has 0 aromatic heterocycles. The molecule has 1 aliphatic heterocycles. The van der Waals surface area contributed by atoms with E-state index in [1.165, 1.54) is 0 Å². The highest BCUT2D eigenvalue weighted by molar-refractivity contribution is 8.34. The topological polar surface area (TPSA) is 0 Å². The molecule has 16 heavy (non-hydrogen) atoms. The molecule has 0 N–H and O–H groups in total. The summed E-state index contributed by atoms with van der Waals surface area (Å²) in [7, 11) is -2.57. The first kappa shape index (κ1) is 11.8. The Kier molecular flexibility index (Phi) is 2.95. The minimum atomic E-state index is -4.04. The number of hydrogen-bond donors (Lipinski definition) is 0. The second kappa shape index (κ2) is 3.99. The molecule has 0 radical (unpaired) electrons. The maximum absolute atomic E-state index is 13.2. The van der Waals surface area contributed by atoms with Crippen molar-refractivity contribution < 1.29 is 13.2 Å². The van der Waals surface area contributed by atoms with Crippen LogP contribution in [0.15, 0.2) is 29.2 Å². The first-order chi connectivity index (χ1) is 7.46. The van der Waals surface area contributed by atoms with Crippen molar-refractivity contribution in [2.24, 2.45) is 0 Å². The molecule has 1 fully saturated rings. The molecule has 1 aromatic rings. The summed E-state index contributed by atoms with van der Waals surface area (Å²) in [4.78, 5) is 0.517. The van der Waals surface area contributed by atoms with Crippen LogP contribution in [0.25, 0.3) is 0 Å². The Hall–Kier alpha value is -0.640. The van der Waals surface area contributed by atoms with Crippen molar-refractivity contribution in [1.82, 2.24) is 0 Å². The number of hydrogen-bond acceptors (Lipinski definition) is 0. The molecular weight excluding hydrogens is 233 g/mol. The van der Waals surface area contributed by atoms with Gasteiger partial charge in [0, 0.05) is 0 Å². The van der Waals surface area contributed by atoms with Crippen molar-refractivity contribution in [3.05, 3.63) is 29.8 Å². The molecule has 0 aliphatic carbocycles. The van der Waals surface area contributed by atoms with Gasteiger partial charge in [0.2, 0.25) is 0 Å². The number of alkyl halides is 3. The van der Waals surface area contributed by atoms with Crippen LogP contribution in [0.4, 0.5) is 13.2 Å². The monoisotopic (exact) mass is 248 g/mol. The van der Waals surface area contributed by atoms with Gasteiger partial charge in [-0.15, -0.1) is 10.0 Å². The predicted molar refractivity (Wildman–Crippen MR) is 62.1 cm³/mol. The molecule has 0 bridgehead atoms. The lowest BCUT2D eigenvalue weighted by molar-refractivity contribution is -0.0381. The first-order valence-electron chi connectivity index (χ1n) is 5.37. The molecule has 0 saturated carbocycles. The Balaban J connectivity index is 2.44. The van der Waals surface area contributed by atoms with E-state index in [0.29, 0.717) is 29.2 Å². The van der Waals surface area contributed by atoms with E-state index in [4.69, 9.17) is 0 Å². The Morgan fingerprint density at radius 2 is 1.50 bits per heavy atom. The fourth-order valence-corrected chi connectivity index (χ4v) is 5.66. The Bertz CT molecular complexity index is 361. The van der Waals surface area contributed by atoms with Gasteiger partial charge in [-0.1, -0.05) is 17.7 Å². The zero-order chi connectivity index (χ0) is 11.8. The molecule has 2 rings (SSSR count). The summed E-state index contributed by atoms with van der Waals surface area (Å²) < 4.78 is 39.7. The summed E-state index contributed by atoms with van der Waals surface area (Å²) >= 11 is 0. The lowest BCUT2D eigenvalue weighted by Gasteiger charge is -2.37. The first-order valence-corrected chi connectivity index (χ1v) is 7.35. The minimum Gasteiger partial charge on any atom is -0.161 e. The van der Waals surface area contributed by atoms with Gasteiger partial charge in [0.25, 0.3) is 0 Å². The zero-order valence-electron chi connectivity index (χ0n) is 9.18. The van der Waals surface area contributed by atoms with E-state index < -0.39 is 15.5 Å². The molecule has 1 heterocycles. The van der Waals surface area contributed by atoms with E-state index in [1.807, 2.05) is 6.92 Å². The van der Waals surface area contributed by atoms with Gasteiger partial charge in [0.1, 0.15) is 0 Å². The van der Waals surface area contributed by atoms with Crippen LogP contribution in [0.2, 0.25) is 0 Å². The van der Waals surface area contributed by atoms with Crippen LogP contribution in [0.5, 0.6) is 0 Å². The summed E-state index contributed by atoms with van der Waals surface area (Å²) in [6.45, 7) is 1.90. The Morgan fingerprint density at radius 3 is 1.94 bits per heavy atom. The molecule has 0 unspecified atom stereocenters. The van der Waals surface area contributed by atoms with Crippen LogP contribution in [0, 0.1) is 6.92 Å². The predicted octanol–water partition coefficient (Wildman–Crippen LogP) is 4.47. The van der Waals surface area contributed by atoms with Crippen LogP contribution in [-0.2, 0) is 0 Å². The van der Waals surface area contributed by atoms with Crippen LogP contribution >= 0.6 is 10.0 Å². The summed E-state index contributed by atoms with van der Waals surface area (Å²) in [5.41, 5.74) is -3.03. The van der Waals surface area contributed by atoms with Gasteiger partial charge in [-0.05, 0) is 48.3 Å². The maximum Gasteiger partial charge on any atom is 0.429 e. The van der Waals surface area contributed by atoms with E-state index in [2.05, 4.69) is 0 Å². The molecule has 0 spiro atoms. The largest absolute Gasteiger partial charge is 0.429 e. The summed E-state index contributed by atoms with van der Waals surface area (Å²) in [6, 6.07) is 6.91.